The molecule has 0 aliphatic rings. The molecule has 0 saturated heterocycles. The van der Waals surface area contributed by atoms with Gasteiger partial charge in [-0.25, -0.2) is 9.78 Å². The van der Waals surface area contributed by atoms with Crippen LogP contribution in [0.15, 0.2) is 18.5 Å². The summed E-state index contributed by atoms with van der Waals surface area (Å²) >= 11 is 1.38. The average molecular weight is 319 g/mol. The van der Waals surface area contributed by atoms with E-state index in [4.69, 9.17) is 4.74 Å². The standard InChI is InChI=1S/C15H17N3O3S/c1-5-21-15(20)12-6-11(7-16-8-12)13-17-9(2)14(22-13)18(4)10(3)19/h6-8H,5H2,1-4H3. The highest BCUT2D eigenvalue weighted by Crippen LogP contribution is 2.33. The summed E-state index contributed by atoms with van der Waals surface area (Å²) in [7, 11) is 1.71. The van der Waals surface area contributed by atoms with Gasteiger partial charge < -0.3 is 9.64 Å². The summed E-state index contributed by atoms with van der Waals surface area (Å²) in [5.74, 6) is -0.470. The van der Waals surface area contributed by atoms with Crippen molar-refractivity contribution in [3.63, 3.8) is 0 Å². The number of aryl methyl sites for hydroxylation is 1. The van der Waals surface area contributed by atoms with Gasteiger partial charge in [0.1, 0.15) is 10.0 Å². The van der Waals surface area contributed by atoms with Gasteiger partial charge in [0.05, 0.1) is 17.9 Å². The Morgan fingerprint density at radius 3 is 2.73 bits per heavy atom. The third-order valence-corrected chi connectivity index (χ3v) is 4.33. The predicted octanol–water partition coefficient (Wildman–Crippen LogP) is 2.67. The van der Waals surface area contributed by atoms with Gasteiger partial charge in [0.2, 0.25) is 5.91 Å². The molecule has 0 spiro atoms. The lowest BCUT2D eigenvalue weighted by molar-refractivity contribution is -0.116. The van der Waals surface area contributed by atoms with Crippen molar-refractivity contribution in [1.82, 2.24) is 9.97 Å². The van der Waals surface area contributed by atoms with Crippen LogP contribution in [0.3, 0.4) is 0 Å². The van der Waals surface area contributed by atoms with Gasteiger partial charge in [0, 0.05) is 31.9 Å². The fourth-order valence-electron chi connectivity index (χ4n) is 1.85. The highest BCUT2D eigenvalue weighted by molar-refractivity contribution is 7.19. The van der Waals surface area contributed by atoms with E-state index in [1.54, 1.807) is 31.1 Å². The molecule has 22 heavy (non-hydrogen) atoms. The normalized spacial score (nSPS) is 10.4. The van der Waals surface area contributed by atoms with Crippen LogP contribution in [0.1, 0.15) is 29.9 Å². The molecule has 0 radical (unpaired) electrons. The number of carbonyl (C=O) groups excluding carboxylic acids is 2. The highest BCUT2D eigenvalue weighted by atomic mass is 32.1. The zero-order chi connectivity index (χ0) is 16.3. The minimum Gasteiger partial charge on any atom is -0.462 e. The number of hydrogen-bond acceptors (Lipinski definition) is 6. The molecule has 0 atom stereocenters. The number of esters is 1. The van der Waals surface area contributed by atoms with Crippen molar-refractivity contribution in [2.24, 2.45) is 0 Å². The third kappa shape index (κ3) is 3.30. The summed E-state index contributed by atoms with van der Waals surface area (Å²) in [5.41, 5.74) is 1.87. The lowest BCUT2D eigenvalue weighted by Crippen LogP contribution is -2.22. The van der Waals surface area contributed by atoms with Crippen LogP contribution < -0.4 is 4.90 Å². The molecule has 0 unspecified atom stereocenters. The molecule has 0 saturated carbocycles. The lowest BCUT2D eigenvalue weighted by atomic mass is 10.2. The van der Waals surface area contributed by atoms with Crippen molar-refractivity contribution in [3.05, 3.63) is 29.7 Å². The van der Waals surface area contributed by atoms with Crippen molar-refractivity contribution < 1.29 is 14.3 Å². The second-order valence-corrected chi connectivity index (χ2v) is 5.65. The Bertz CT molecular complexity index is 712. The molecule has 0 aliphatic heterocycles. The molecule has 0 fully saturated rings. The van der Waals surface area contributed by atoms with Crippen LogP contribution in [0.2, 0.25) is 0 Å². The quantitative estimate of drug-likeness (QED) is 0.810. The molecule has 2 rings (SSSR count). The maximum Gasteiger partial charge on any atom is 0.339 e. The maximum atomic E-state index is 11.8. The number of anilines is 1. The largest absolute Gasteiger partial charge is 0.462 e. The summed E-state index contributed by atoms with van der Waals surface area (Å²) in [5, 5.41) is 1.49. The Balaban J connectivity index is 2.37. The van der Waals surface area contributed by atoms with Crippen LogP contribution in [0.5, 0.6) is 0 Å². The first-order chi connectivity index (χ1) is 10.4. The summed E-state index contributed by atoms with van der Waals surface area (Å²) in [6.07, 6.45) is 3.10. The molecule has 6 nitrogen and oxygen atoms in total. The molecular formula is C15H17N3O3S. The van der Waals surface area contributed by atoms with Gasteiger partial charge in [-0.1, -0.05) is 11.3 Å². The number of pyridine rings is 1. The second kappa shape index (κ2) is 6.65. The summed E-state index contributed by atoms with van der Waals surface area (Å²) in [6.45, 7) is 5.41. The minimum absolute atomic E-state index is 0.0586. The molecule has 2 heterocycles. The van der Waals surface area contributed by atoms with E-state index < -0.39 is 5.97 Å². The van der Waals surface area contributed by atoms with E-state index in [9.17, 15) is 9.59 Å². The van der Waals surface area contributed by atoms with E-state index in [0.717, 1.165) is 16.3 Å². The summed E-state index contributed by atoms with van der Waals surface area (Å²) < 4.78 is 4.97. The Labute approximate surface area is 132 Å². The Kier molecular flexibility index (Phi) is 4.87. The van der Waals surface area contributed by atoms with Gasteiger partial charge >= 0.3 is 5.97 Å². The smallest absolute Gasteiger partial charge is 0.339 e. The second-order valence-electron chi connectivity index (χ2n) is 4.67. The number of nitrogens with zero attached hydrogens (tertiary/aromatic N) is 3. The molecule has 0 bridgehead atoms. The average Bonchev–Trinajstić information content (AvgIpc) is 2.88. The van der Waals surface area contributed by atoms with E-state index in [1.165, 1.54) is 24.5 Å². The Morgan fingerprint density at radius 2 is 2.09 bits per heavy atom. The van der Waals surface area contributed by atoms with Gasteiger partial charge in [-0.3, -0.25) is 9.78 Å². The molecule has 0 aromatic carbocycles. The SMILES string of the molecule is CCOC(=O)c1cncc(-c2nc(C)c(N(C)C(C)=O)s2)c1. The maximum absolute atomic E-state index is 11.8. The van der Waals surface area contributed by atoms with Gasteiger partial charge in [-0.15, -0.1) is 0 Å². The van der Waals surface area contributed by atoms with Crippen LogP contribution in [-0.2, 0) is 9.53 Å². The van der Waals surface area contributed by atoms with Crippen molar-refractivity contribution in [2.75, 3.05) is 18.6 Å². The predicted molar refractivity (Wildman–Crippen MR) is 85.1 cm³/mol. The minimum atomic E-state index is -0.411. The fraction of sp³-hybridized carbons (Fsp3) is 0.333. The number of aromatic nitrogens is 2. The van der Waals surface area contributed by atoms with Gasteiger partial charge in [0.25, 0.3) is 0 Å². The van der Waals surface area contributed by atoms with Gasteiger partial charge in [-0.05, 0) is 19.9 Å². The molecule has 0 aliphatic carbocycles. The van der Waals surface area contributed by atoms with Crippen molar-refractivity contribution in [3.8, 4) is 10.6 Å². The molecule has 1 amide bonds. The topological polar surface area (TPSA) is 72.4 Å². The molecule has 2 aromatic heterocycles. The van der Waals surface area contributed by atoms with E-state index in [0.29, 0.717) is 17.2 Å². The number of hydrogen-bond donors (Lipinski definition) is 0. The Morgan fingerprint density at radius 1 is 1.36 bits per heavy atom. The Hall–Kier alpha value is -2.28. The number of rotatable bonds is 4. The fourth-order valence-corrected chi connectivity index (χ4v) is 2.90. The number of ether oxygens (including phenoxy) is 1. The first-order valence-electron chi connectivity index (χ1n) is 6.78. The zero-order valence-corrected chi connectivity index (χ0v) is 13.7. The van der Waals surface area contributed by atoms with Crippen LogP contribution in [0, 0.1) is 6.92 Å². The zero-order valence-electron chi connectivity index (χ0n) is 12.9. The van der Waals surface area contributed by atoms with E-state index in [-0.39, 0.29) is 5.91 Å². The van der Waals surface area contributed by atoms with Crippen LogP contribution in [-0.4, -0.2) is 35.5 Å². The number of amides is 1. The van der Waals surface area contributed by atoms with Crippen molar-refractivity contribution in [1.29, 1.82) is 0 Å². The van der Waals surface area contributed by atoms with E-state index in [2.05, 4.69) is 9.97 Å². The van der Waals surface area contributed by atoms with E-state index >= 15 is 0 Å². The molecule has 7 heteroatoms. The molecule has 0 N–H and O–H groups in total. The molecule has 2 aromatic rings. The van der Waals surface area contributed by atoms with Crippen LogP contribution in [0.25, 0.3) is 10.6 Å². The third-order valence-electron chi connectivity index (χ3n) is 3.05. The van der Waals surface area contributed by atoms with E-state index in [1.807, 2.05) is 6.92 Å². The summed E-state index contributed by atoms with van der Waals surface area (Å²) in [6, 6.07) is 1.70. The number of carbonyl (C=O) groups is 2. The molecule has 116 valence electrons. The number of thiazole rings is 1. The lowest BCUT2D eigenvalue weighted by Gasteiger charge is -2.12. The highest BCUT2D eigenvalue weighted by Gasteiger charge is 2.17. The molecular weight excluding hydrogens is 302 g/mol. The first kappa shape index (κ1) is 16.1. The monoisotopic (exact) mass is 319 g/mol. The van der Waals surface area contributed by atoms with Crippen molar-refractivity contribution >= 4 is 28.2 Å². The van der Waals surface area contributed by atoms with Crippen molar-refractivity contribution in [2.45, 2.75) is 20.8 Å². The van der Waals surface area contributed by atoms with Crippen LogP contribution >= 0.6 is 11.3 Å². The first-order valence-corrected chi connectivity index (χ1v) is 7.60. The van der Waals surface area contributed by atoms with Gasteiger partial charge in [0.15, 0.2) is 0 Å². The summed E-state index contributed by atoms with van der Waals surface area (Å²) in [4.78, 5) is 33.3. The van der Waals surface area contributed by atoms with Crippen LogP contribution in [0.4, 0.5) is 5.00 Å². The van der Waals surface area contributed by atoms with Gasteiger partial charge in [-0.2, -0.15) is 0 Å².